The second-order valence-electron chi connectivity index (χ2n) is 17.6. The normalized spacial score (nSPS) is 19.9. The van der Waals surface area contributed by atoms with E-state index in [1.807, 2.05) is 29.7 Å². The van der Waals surface area contributed by atoms with Gasteiger partial charge in [0, 0.05) is 38.4 Å². The highest BCUT2D eigenvalue weighted by Gasteiger charge is 2.41. The Morgan fingerprint density at radius 2 is 1.33 bits per heavy atom. The van der Waals surface area contributed by atoms with Crippen LogP contribution < -0.4 is 10.6 Å². The van der Waals surface area contributed by atoms with Crippen LogP contribution in [0.15, 0.2) is 77.8 Å². The first-order valence-electron chi connectivity index (χ1n) is 22.2. The summed E-state index contributed by atoms with van der Waals surface area (Å²) < 4.78 is 15.2. The molecule has 0 bridgehead atoms. The number of aromatic amines is 1. The Morgan fingerprint density at radius 1 is 0.730 bits per heavy atom. The minimum atomic E-state index is -0.685. The summed E-state index contributed by atoms with van der Waals surface area (Å²) in [5.74, 6) is 0.426. The number of fused-ring (bicyclic) bond motifs is 3. The van der Waals surface area contributed by atoms with E-state index >= 15 is 0 Å². The van der Waals surface area contributed by atoms with Crippen LogP contribution in [0, 0.1) is 11.8 Å². The van der Waals surface area contributed by atoms with Crippen molar-refractivity contribution in [3.8, 4) is 22.3 Å². The van der Waals surface area contributed by atoms with Crippen molar-refractivity contribution in [1.82, 2.24) is 30.4 Å². The molecule has 3 N–H and O–H groups in total. The Kier molecular flexibility index (Phi) is 11.9. The number of aromatic nitrogens is 2. The number of benzene rings is 4. The van der Waals surface area contributed by atoms with Gasteiger partial charge in [0.05, 0.1) is 43.0 Å². The molecule has 4 atom stereocenters. The molecular formula is C49H55N7O7. The molecule has 4 amide bonds. The highest BCUT2D eigenvalue weighted by molar-refractivity contribution is 6.01. The van der Waals surface area contributed by atoms with E-state index in [9.17, 15) is 19.2 Å². The summed E-state index contributed by atoms with van der Waals surface area (Å²) in [6, 6.07) is 24.0. The smallest absolute Gasteiger partial charge is 0.407 e. The van der Waals surface area contributed by atoms with Gasteiger partial charge in [-0.3, -0.25) is 14.6 Å². The van der Waals surface area contributed by atoms with Crippen LogP contribution in [-0.4, -0.2) is 108 Å². The molecule has 5 heterocycles. The number of nitrogens with zero attached hydrogens (tertiary/aromatic N) is 4. The fraction of sp³-hybridized carbons (Fsp3) is 0.429. The molecule has 14 nitrogen and oxygen atoms in total. The van der Waals surface area contributed by atoms with Crippen LogP contribution in [0.5, 0.6) is 0 Å². The Bertz CT molecular complexity index is 2600. The maximum absolute atomic E-state index is 14.1. The number of amides is 4. The molecule has 3 saturated heterocycles. The molecule has 9 rings (SSSR count). The number of ether oxygens (including phenoxy) is 3. The second-order valence-corrected chi connectivity index (χ2v) is 17.6. The van der Waals surface area contributed by atoms with Gasteiger partial charge in [0.2, 0.25) is 11.8 Å². The standard InChI is InChI=1S/C49H55N7O7/c1-28(2)43(53-48(59)61-3)46(57)55-19-5-7-41(55)40-27-36-25-34(13-15-37(36)50-40)32-10-9-31-24-33(12-11-30(31)23-32)35-14-16-38-39(26-35)52-45(51-38)42-8-6-20-56(42)47(58)44(54-49(60)62-4)29-17-21-63-22-18-29/h9-16,23-26,28-29,41-44H,5-8,17-22,27H2,1-4H3,(H,51,52)(H,53,59)(H,54,60)/t41-,42-,43-,44-/m0/s1. The molecule has 328 valence electrons. The Hall–Kier alpha value is -6.28. The first-order chi connectivity index (χ1) is 30.6. The van der Waals surface area contributed by atoms with E-state index < -0.39 is 24.3 Å². The maximum atomic E-state index is 14.1. The predicted octanol–water partition coefficient (Wildman–Crippen LogP) is 7.87. The lowest BCUT2D eigenvalue weighted by Crippen LogP contribution is -2.53. The van der Waals surface area contributed by atoms with E-state index in [0.717, 1.165) is 92.5 Å². The monoisotopic (exact) mass is 853 g/mol. The average molecular weight is 854 g/mol. The van der Waals surface area contributed by atoms with Crippen molar-refractivity contribution in [3.63, 3.8) is 0 Å². The third-order valence-electron chi connectivity index (χ3n) is 13.3. The van der Waals surface area contributed by atoms with Gasteiger partial charge >= 0.3 is 12.2 Å². The number of alkyl carbamates (subject to hydrolysis) is 2. The van der Waals surface area contributed by atoms with E-state index in [0.29, 0.717) is 45.6 Å². The molecule has 4 aromatic carbocycles. The average Bonchev–Trinajstić information content (AvgIpc) is 4.15. The molecule has 14 heteroatoms. The Morgan fingerprint density at radius 3 is 2.02 bits per heavy atom. The van der Waals surface area contributed by atoms with E-state index in [2.05, 4.69) is 82.3 Å². The molecule has 0 spiro atoms. The zero-order chi connectivity index (χ0) is 43.8. The van der Waals surface area contributed by atoms with Crippen molar-refractivity contribution in [3.05, 3.63) is 84.2 Å². The predicted molar refractivity (Wildman–Crippen MR) is 241 cm³/mol. The highest BCUT2D eigenvalue weighted by Crippen LogP contribution is 2.38. The largest absolute Gasteiger partial charge is 0.453 e. The second kappa shape index (κ2) is 17.8. The molecule has 1 aromatic heterocycles. The van der Waals surface area contributed by atoms with Gasteiger partial charge in [-0.05, 0) is 125 Å². The van der Waals surface area contributed by atoms with E-state index in [1.165, 1.54) is 14.2 Å². The van der Waals surface area contributed by atoms with E-state index in [4.69, 9.17) is 24.2 Å². The minimum absolute atomic E-state index is 0.0282. The van der Waals surface area contributed by atoms with Gasteiger partial charge in [0.15, 0.2) is 0 Å². The van der Waals surface area contributed by atoms with Crippen LogP contribution in [0.3, 0.4) is 0 Å². The lowest BCUT2D eigenvalue weighted by atomic mass is 9.90. The third kappa shape index (κ3) is 8.48. The van der Waals surface area contributed by atoms with Crippen LogP contribution >= 0.6 is 0 Å². The number of hydrogen-bond acceptors (Lipinski definition) is 9. The summed E-state index contributed by atoms with van der Waals surface area (Å²) in [6.07, 6.45) is 4.21. The summed E-state index contributed by atoms with van der Waals surface area (Å²) in [4.78, 5) is 69.4. The lowest BCUT2D eigenvalue weighted by molar-refractivity contribution is -0.137. The molecule has 3 fully saturated rings. The van der Waals surface area contributed by atoms with Gasteiger partial charge in [-0.1, -0.05) is 50.2 Å². The van der Waals surface area contributed by atoms with E-state index in [1.54, 1.807) is 0 Å². The van der Waals surface area contributed by atoms with Crippen LogP contribution in [0.25, 0.3) is 44.1 Å². The zero-order valence-electron chi connectivity index (χ0n) is 36.3. The molecular weight excluding hydrogens is 799 g/mol. The van der Waals surface area contributed by atoms with Crippen LogP contribution in [0.4, 0.5) is 15.3 Å². The molecule has 4 aliphatic heterocycles. The van der Waals surface area contributed by atoms with Crippen molar-refractivity contribution >= 4 is 57.2 Å². The van der Waals surface area contributed by atoms with Crippen molar-refractivity contribution < 1.29 is 33.4 Å². The topological polar surface area (TPSA) is 168 Å². The summed E-state index contributed by atoms with van der Waals surface area (Å²) in [6.45, 7) is 6.20. The number of methoxy groups -OCH3 is 2. The quantitative estimate of drug-likeness (QED) is 0.128. The number of H-pyrrole nitrogens is 1. The molecule has 63 heavy (non-hydrogen) atoms. The van der Waals surface area contributed by atoms with Gasteiger partial charge in [-0.15, -0.1) is 0 Å². The molecule has 5 aromatic rings. The molecule has 0 radical (unpaired) electrons. The fourth-order valence-corrected chi connectivity index (χ4v) is 9.93. The Balaban J connectivity index is 0.890. The third-order valence-corrected chi connectivity index (χ3v) is 13.3. The van der Waals surface area contributed by atoms with Crippen LogP contribution in [0.2, 0.25) is 0 Å². The molecule has 4 aliphatic rings. The van der Waals surface area contributed by atoms with Crippen molar-refractivity contribution in [2.75, 3.05) is 40.5 Å². The number of nitrogens with one attached hydrogen (secondary N) is 3. The number of rotatable bonds is 10. The van der Waals surface area contributed by atoms with Gasteiger partial charge in [-0.25, -0.2) is 14.6 Å². The molecule has 0 saturated carbocycles. The number of aliphatic imine (C=N–C) groups is 1. The van der Waals surface area contributed by atoms with Gasteiger partial charge < -0.3 is 39.6 Å². The van der Waals surface area contributed by atoms with Crippen molar-refractivity contribution in [2.24, 2.45) is 16.8 Å². The van der Waals surface area contributed by atoms with E-state index in [-0.39, 0.29) is 35.7 Å². The van der Waals surface area contributed by atoms with Gasteiger partial charge in [0.1, 0.15) is 17.9 Å². The first kappa shape index (κ1) is 42.0. The van der Waals surface area contributed by atoms with Gasteiger partial charge in [0.25, 0.3) is 0 Å². The zero-order valence-corrected chi connectivity index (χ0v) is 36.3. The fourth-order valence-electron chi connectivity index (χ4n) is 9.93. The summed E-state index contributed by atoms with van der Waals surface area (Å²) in [7, 11) is 2.62. The SMILES string of the molecule is COC(=O)N[C@H](C(=O)N1CCC[C@H]1C1=Nc2ccc(-c3ccc4cc(-c5ccc6nc([C@@H]7CCCN7C(=O)[C@@H](NC(=O)OC)C7CCOCC7)[nH]c6c5)ccc4c3)cc2C1)C(C)C. The number of carbonyl (C=O) groups excluding carboxylic acids is 4. The van der Waals surface area contributed by atoms with Crippen LogP contribution in [0.1, 0.15) is 69.8 Å². The summed E-state index contributed by atoms with van der Waals surface area (Å²) in [5.41, 5.74) is 9.17. The van der Waals surface area contributed by atoms with Crippen molar-refractivity contribution in [2.45, 2.75) is 83.0 Å². The number of carbonyl (C=O) groups is 4. The van der Waals surface area contributed by atoms with Gasteiger partial charge in [-0.2, -0.15) is 0 Å². The first-order valence-corrected chi connectivity index (χ1v) is 22.2. The maximum Gasteiger partial charge on any atom is 0.407 e. The highest BCUT2D eigenvalue weighted by atomic mass is 16.5. The lowest BCUT2D eigenvalue weighted by Gasteiger charge is -2.34. The Labute approximate surface area is 366 Å². The number of imidazole rings is 1. The molecule has 0 unspecified atom stereocenters. The van der Waals surface area contributed by atoms with Crippen molar-refractivity contribution in [1.29, 1.82) is 0 Å². The summed E-state index contributed by atoms with van der Waals surface area (Å²) >= 11 is 0. The van der Waals surface area contributed by atoms with Crippen LogP contribution in [-0.2, 0) is 30.2 Å². The summed E-state index contributed by atoms with van der Waals surface area (Å²) in [5, 5.41) is 7.82. The number of likely N-dealkylation sites (tertiary alicyclic amines) is 2. The number of hydrogen-bond donors (Lipinski definition) is 3. The minimum Gasteiger partial charge on any atom is -0.453 e. The molecule has 0 aliphatic carbocycles.